The van der Waals surface area contributed by atoms with E-state index < -0.39 is 12.7 Å². The first-order valence-electron chi connectivity index (χ1n) is 6.61. The molecule has 1 unspecified atom stereocenters. The normalized spacial score (nSPS) is 19.1. The molecule has 2 rings (SSSR count). The first-order chi connectivity index (χ1) is 8.99. The predicted molar refractivity (Wildman–Crippen MR) is 70.5 cm³/mol. The number of hydrogen-bond acceptors (Lipinski definition) is 2. The molecule has 0 bridgehead atoms. The fourth-order valence-electron chi connectivity index (χ4n) is 2.61. The SMILES string of the molecule is CCN(CC1CCNc2ccccc21)CC(F)(F)F. The van der Waals surface area contributed by atoms with Gasteiger partial charge in [-0.25, -0.2) is 0 Å². The molecule has 5 heteroatoms. The van der Waals surface area contributed by atoms with Gasteiger partial charge in [-0.1, -0.05) is 25.1 Å². The van der Waals surface area contributed by atoms with Gasteiger partial charge in [0.25, 0.3) is 0 Å². The van der Waals surface area contributed by atoms with Gasteiger partial charge in [0.2, 0.25) is 0 Å². The lowest BCUT2D eigenvalue weighted by atomic mass is 9.90. The second kappa shape index (κ2) is 5.82. The quantitative estimate of drug-likeness (QED) is 0.903. The third-order valence-corrected chi connectivity index (χ3v) is 3.54. The number of para-hydroxylation sites is 1. The van der Waals surface area contributed by atoms with Gasteiger partial charge < -0.3 is 5.32 Å². The lowest BCUT2D eigenvalue weighted by Crippen LogP contribution is -2.38. The first-order valence-corrected chi connectivity index (χ1v) is 6.61. The van der Waals surface area contributed by atoms with E-state index in [-0.39, 0.29) is 5.92 Å². The van der Waals surface area contributed by atoms with E-state index in [9.17, 15) is 13.2 Å². The van der Waals surface area contributed by atoms with Crippen LogP contribution in [0, 0.1) is 0 Å². The smallest absolute Gasteiger partial charge is 0.385 e. The average Bonchev–Trinajstić information content (AvgIpc) is 2.37. The first kappa shape index (κ1) is 14.2. The molecule has 0 radical (unpaired) electrons. The molecule has 1 atom stereocenters. The summed E-state index contributed by atoms with van der Waals surface area (Å²) in [5, 5.41) is 3.29. The molecule has 0 aliphatic carbocycles. The Labute approximate surface area is 111 Å². The van der Waals surface area contributed by atoms with Crippen molar-refractivity contribution in [2.24, 2.45) is 0 Å². The van der Waals surface area contributed by atoms with Crippen LogP contribution in [0.3, 0.4) is 0 Å². The number of hydrogen-bond donors (Lipinski definition) is 1. The molecule has 0 fully saturated rings. The van der Waals surface area contributed by atoms with Crippen molar-refractivity contribution in [3.63, 3.8) is 0 Å². The summed E-state index contributed by atoms with van der Waals surface area (Å²) < 4.78 is 37.5. The Morgan fingerprint density at radius 2 is 2.05 bits per heavy atom. The minimum absolute atomic E-state index is 0.180. The molecule has 0 spiro atoms. The van der Waals surface area contributed by atoms with E-state index in [1.54, 1.807) is 6.92 Å². The molecular formula is C14H19F3N2. The Hall–Kier alpha value is -1.23. The molecule has 1 N–H and O–H groups in total. The van der Waals surface area contributed by atoms with Crippen molar-refractivity contribution in [2.45, 2.75) is 25.4 Å². The summed E-state index contributed by atoms with van der Waals surface area (Å²) in [5.74, 6) is 0.180. The Morgan fingerprint density at radius 3 is 2.74 bits per heavy atom. The predicted octanol–water partition coefficient (Wildman–Crippen LogP) is 3.47. The Balaban J connectivity index is 2.07. The zero-order valence-corrected chi connectivity index (χ0v) is 11.0. The van der Waals surface area contributed by atoms with Crippen LogP contribution < -0.4 is 5.32 Å². The Bertz CT molecular complexity index is 417. The topological polar surface area (TPSA) is 15.3 Å². The van der Waals surface area contributed by atoms with Crippen LogP contribution in [0.25, 0.3) is 0 Å². The molecule has 1 aromatic rings. The number of fused-ring (bicyclic) bond motifs is 1. The zero-order valence-electron chi connectivity index (χ0n) is 11.0. The highest BCUT2D eigenvalue weighted by Crippen LogP contribution is 2.32. The Morgan fingerprint density at radius 1 is 1.32 bits per heavy atom. The van der Waals surface area contributed by atoms with Crippen LogP contribution in [-0.2, 0) is 0 Å². The maximum Gasteiger partial charge on any atom is 0.401 e. The van der Waals surface area contributed by atoms with Gasteiger partial charge in [-0.2, -0.15) is 13.2 Å². The maximum atomic E-state index is 12.5. The molecule has 0 saturated heterocycles. The van der Waals surface area contributed by atoms with E-state index in [4.69, 9.17) is 0 Å². The number of halogens is 3. The fraction of sp³-hybridized carbons (Fsp3) is 0.571. The number of anilines is 1. The van der Waals surface area contributed by atoms with Crippen LogP contribution in [-0.4, -0.2) is 37.3 Å². The molecule has 0 amide bonds. The number of rotatable bonds is 4. The van der Waals surface area contributed by atoms with Crippen molar-refractivity contribution in [3.05, 3.63) is 29.8 Å². The second-order valence-corrected chi connectivity index (χ2v) is 4.94. The van der Waals surface area contributed by atoms with E-state index in [1.165, 1.54) is 4.90 Å². The average molecular weight is 272 g/mol. The van der Waals surface area contributed by atoms with Crippen molar-refractivity contribution < 1.29 is 13.2 Å². The molecule has 1 heterocycles. The number of alkyl halides is 3. The molecule has 1 aromatic carbocycles. The summed E-state index contributed by atoms with van der Waals surface area (Å²) >= 11 is 0. The Kier molecular flexibility index (Phi) is 4.34. The maximum absolute atomic E-state index is 12.5. The van der Waals surface area contributed by atoms with Gasteiger partial charge in [-0.15, -0.1) is 0 Å². The van der Waals surface area contributed by atoms with Crippen molar-refractivity contribution in [2.75, 3.05) is 31.5 Å². The van der Waals surface area contributed by atoms with Crippen LogP contribution in [0.5, 0.6) is 0 Å². The monoisotopic (exact) mass is 272 g/mol. The van der Waals surface area contributed by atoms with E-state index in [0.29, 0.717) is 13.1 Å². The molecule has 1 aliphatic heterocycles. The number of likely N-dealkylation sites (N-methyl/N-ethyl adjacent to an activating group) is 1. The second-order valence-electron chi connectivity index (χ2n) is 4.94. The summed E-state index contributed by atoms with van der Waals surface area (Å²) in [6, 6.07) is 7.88. The third-order valence-electron chi connectivity index (χ3n) is 3.54. The molecular weight excluding hydrogens is 253 g/mol. The molecule has 2 nitrogen and oxygen atoms in total. The van der Waals surface area contributed by atoms with Crippen molar-refractivity contribution in [3.8, 4) is 0 Å². The van der Waals surface area contributed by atoms with Crippen molar-refractivity contribution >= 4 is 5.69 Å². The lowest BCUT2D eigenvalue weighted by molar-refractivity contribution is -0.146. The van der Waals surface area contributed by atoms with Crippen LogP contribution in [0.1, 0.15) is 24.8 Å². The number of nitrogens with zero attached hydrogens (tertiary/aromatic N) is 1. The van der Waals surface area contributed by atoms with Crippen LogP contribution in [0.4, 0.5) is 18.9 Å². The molecule has 19 heavy (non-hydrogen) atoms. The minimum Gasteiger partial charge on any atom is -0.385 e. The van der Waals surface area contributed by atoms with E-state index in [2.05, 4.69) is 5.32 Å². The third kappa shape index (κ3) is 3.86. The van der Waals surface area contributed by atoms with E-state index >= 15 is 0 Å². The summed E-state index contributed by atoms with van der Waals surface area (Å²) in [7, 11) is 0. The minimum atomic E-state index is -4.12. The highest BCUT2D eigenvalue weighted by molar-refractivity contribution is 5.54. The van der Waals surface area contributed by atoms with Crippen molar-refractivity contribution in [1.29, 1.82) is 0 Å². The fourth-order valence-corrected chi connectivity index (χ4v) is 2.61. The summed E-state index contributed by atoms with van der Waals surface area (Å²) in [4.78, 5) is 1.48. The summed E-state index contributed by atoms with van der Waals surface area (Å²) in [6.07, 6.45) is -3.24. The molecule has 0 saturated carbocycles. The van der Waals surface area contributed by atoms with Gasteiger partial charge in [0.1, 0.15) is 0 Å². The summed E-state index contributed by atoms with van der Waals surface area (Å²) in [5.41, 5.74) is 2.19. The van der Waals surface area contributed by atoms with E-state index in [0.717, 1.165) is 24.2 Å². The van der Waals surface area contributed by atoms with Crippen molar-refractivity contribution in [1.82, 2.24) is 4.90 Å². The molecule has 0 aromatic heterocycles. The number of nitrogens with one attached hydrogen (secondary N) is 1. The summed E-state index contributed by atoms with van der Waals surface area (Å²) in [6.45, 7) is 2.67. The largest absolute Gasteiger partial charge is 0.401 e. The van der Waals surface area contributed by atoms with Gasteiger partial charge in [0, 0.05) is 24.7 Å². The molecule has 106 valence electrons. The van der Waals surface area contributed by atoms with Gasteiger partial charge in [0.05, 0.1) is 6.54 Å². The van der Waals surface area contributed by atoms with Gasteiger partial charge >= 0.3 is 6.18 Å². The highest BCUT2D eigenvalue weighted by Gasteiger charge is 2.31. The highest BCUT2D eigenvalue weighted by atomic mass is 19.4. The van der Waals surface area contributed by atoms with Crippen LogP contribution >= 0.6 is 0 Å². The number of benzene rings is 1. The van der Waals surface area contributed by atoms with Gasteiger partial charge in [0.15, 0.2) is 0 Å². The van der Waals surface area contributed by atoms with E-state index in [1.807, 2.05) is 24.3 Å². The standard InChI is InChI=1S/C14H19F3N2/c1-2-19(10-14(15,16)17)9-11-7-8-18-13-6-4-3-5-12(11)13/h3-6,11,18H,2,7-10H2,1H3. The molecule has 1 aliphatic rings. The lowest BCUT2D eigenvalue weighted by Gasteiger charge is -2.31. The van der Waals surface area contributed by atoms with Gasteiger partial charge in [-0.05, 0) is 24.6 Å². The zero-order chi connectivity index (χ0) is 13.9. The van der Waals surface area contributed by atoms with Gasteiger partial charge in [-0.3, -0.25) is 4.90 Å². The van der Waals surface area contributed by atoms with Crippen LogP contribution in [0.2, 0.25) is 0 Å². The van der Waals surface area contributed by atoms with Crippen LogP contribution in [0.15, 0.2) is 24.3 Å².